The van der Waals surface area contributed by atoms with Crippen LogP contribution in [0.2, 0.25) is 0 Å². The lowest BCUT2D eigenvalue weighted by molar-refractivity contribution is 0.0946. The second-order valence-electron chi connectivity index (χ2n) is 5.02. The number of hydrogen-bond acceptors (Lipinski definition) is 2. The van der Waals surface area contributed by atoms with Gasteiger partial charge in [-0.2, -0.15) is 0 Å². The Hall–Kier alpha value is -2.76. The molecule has 0 aliphatic heterocycles. The molecule has 0 aliphatic carbocycles. The molecule has 112 valence electrons. The van der Waals surface area contributed by atoms with Crippen LogP contribution in [-0.4, -0.2) is 15.3 Å². The van der Waals surface area contributed by atoms with Crippen LogP contribution in [0, 0.1) is 18.6 Å². The van der Waals surface area contributed by atoms with Gasteiger partial charge in [0, 0.05) is 30.6 Å². The summed E-state index contributed by atoms with van der Waals surface area (Å²) in [5, 5.41) is 2.57. The zero-order chi connectivity index (χ0) is 15.7. The first-order valence-corrected chi connectivity index (χ1v) is 6.70. The minimum Gasteiger partial charge on any atom is -0.346 e. The summed E-state index contributed by atoms with van der Waals surface area (Å²) in [5.41, 5.74) is 2.16. The van der Waals surface area contributed by atoms with Gasteiger partial charge in [-0.1, -0.05) is 12.1 Å². The van der Waals surface area contributed by atoms with Gasteiger partial charge in [-0.25, -0.2) is 13.8 Å². The van der Waals surface area contributed by atoms with Crippen LogP contribution in [-0.2, 0) is 6.54 Å². The zero-order valence-electron chi connectivity index (χ0n) is 11.8. The maximum absolute atomic E-state index is 13.5. The van der Waals surface area contributed by atoms with E-state index in [2.05, 4.69) is 10.3 Å². The van der Waals surface area contributed by atoms with Crippen molar-refractivity contribution in [2.75, 3.05) is 0 Å². The van der Waals surface area contributed by atoms with Crippen molar-refractivity contribution >= 4 is 11.6 Å². The molecule has 2 heterocycles. The highest BCUT2D eigenvalue weighted by molar-refractivity contribution is 5.92. The van der Waals surface area contributed by atoms with Crippen molar-refractivity contribution in [1.82, 2.24) is 14.7 Å². The predicted octanol–water partition coefficient (Wildman–Crippen LogP) is 2.85. The fraction of sp³-hybridized carbons (Fsp3) is 0.125. The van der Waals surface area contributed by atoms with Crippen LogP contribution < -0.4 is 5.32 Å². The monoisotopic (exact) mass is 301 g/mol. The van der Waals surface area contributed by atoms with Gasteiger partial charge in [0.1, 0.15) is 23.0 Å². The minimum atomic E-state index is -0.689. The number of carbonyl (C=O) groups excluding carboxylic acids is 1. The molecule has 1 amide bonds. The Bertz CT molecular complexity index is 858. The number of rotatable bonds is 3. The highest BCUT2D eigenvalue weighted by atomic mass is 19.1. The van der Waals surface area contributed by atoms with E-state index in [-0.39, 0.29) is 17.8 Å². The number of carbonyl (C=O) groups is 1. The van der Waals surface area contributed by atoms with Crippen LogP contribution in [0.3, 0.4) is 0 Å². The number of nitrogens with one attached hydrogen (secondary N) is 1. The molecule has 6 heteroatoms. The first-order chi connectivity index (χ1) is 10.5. The van der Waals surface area contributed by atoms with E-state index in [1.807, 2.05) is 25.3 Å². The highest BCUT2D eigenvalue weighted by Gasteiger charge is 2.12. The van der Waals surface area contributed by atoms with Gasteiger partial charge in [-0.3, -0.25) is 4.79 Å². The first-order valence-electron chi connectivity index (χ1n) is 6.70. The van der Waals surface area contributed by atoms with Crippen molar-refractivity contribution in [3.63, 3.8) is 0 Å². The largest absolute Gasteiger partial charge is 0.346 e. The lowest BCUT2D eigenvalue weighted by Crippen LogP contribution is -2.23. The average Bonchev–Trinajstić information content (AvgIpc) is 2.89. The molecule has 0 saturated carbocycles. The number of halogens is 2. The molecule has 0 bridgehead atoms. The molecule has 2 aromatic heterocycles. The molecule has 3 aromatic rings. The molecule has 1 N–H and O–H groups in total. The number of aromatic nitrogens is 2. The molecule has 0 saturated heterocycles. The van der Waals surface area contributed by atoms with Crippen LogP contribution >= 0.6 is 0 Å². The molecule has 1 aromatic carbocycles. The molecular formula is C16H13F2N3O. The van der Waals surface area contributed by atoms with Gasteiger partial charge >= 0.3 is 0 Å². The Kier molecular flexibility index (Phi) is 3.58. The van der Waals surface area contributed by atoms with Gasteiger partial charge in [0.05, 0.1) is 0 Å². The topological polar surface area (TPSA) is 46.4 Å². The van der Waals surface area contributed by atoms with Crippen LogP contribution in [0.4, 0.5) is 8.78 Å². The molecule has 0 aliphatic rings. The zero-order valence-corrected chi connectivity index (χ0v) is 11.8. The van der Waals surface area contributed by atoms with Crippen molar-refractivity contribution < 1.29 is 13.6 Å². The van der Waals surface area contributed by atoms with Crippen molar-refractivity contribution in [2.24, 2.45) is 0 Å². The number of pyridine rings is 1. The Morgan fingerprint density at radius 3 is 2.82 bits per heavy atom. The second kappa shape index (κ2) is 5.55. The van der Waals surface area contributed by atoms with E-state index in [1.165, 1.54) is 6.07 Å². The molecule has 22 heavy (non-hydrogen) atoms. The SMILES string of the molecule is Cc1ccc2nc(C(=O)NCc3ccc(F)cc3F)cn2c1. The van der Waals surface area contributed by atoms with E-state index in [0.717, 1.165) is 17.7 Å². The maximum Gasteiger partial charge on any atom is 0.271 e. The van der Waals surface area contributed by atoms with E-state index >= 15 is 0 Å². The summed E-state index contributed by atoms with van der Waals surface area (Å²) in [4.78, 5) is 16.3. The van der Waals surface area contributed by atoms with Gasteiger partial charge in [0.15, 0.2) is 0 Å². The van der Waals surface area contributed by atoms with Gasteiger partial charge in [0.25, 0.3) is 5.91 Å². The smallest absolute Gasteiger partial charge is 0.271 e. The summed E-state index contributed by atoms with van der Waals surface area (Å²) >= 11 is 0. The molecule has 0 atom stereocenters. The molecular weight excluding hydrogens is 288 g/mol. The Labute approximate surface area is 125 Å². The van der Waals surface area contributed by atoms with Gasteiger partial charge in [-0.15, -0.1) is 0 Å². The summed E-state index contributed by atoms with van der Waals surface area (Å²) in [6, 6.07) is 6.95. The highest BCUT2D eigenvalue weighted by Crippen LogP contribution is 2.10. The fourth-order valence-corrected chi connectivity index (χ4v) is 2.14. The van der Waals surface area contributed by atoms with Crippen LogP contribution in [0.25, 0.3) is 5.65 Å². The number of fused-ring (bicyclic) bond motifs is 1. The first kappa shape index (κ1) is 14.2. The molecule has 3 rings (SSSR count). The summed E-state index contributed by atoms with van der Waals surface area (Å²) in [6.45, 7) is 1.91. The van der Waals surface area contributed by atoms with Gasteiger partial charge in [0.2, 0.25) is 0 Å². The summed E-state index contributed by atoms with van der Waals surface area (Å²) in [6.07, 6.45) is 3.47. The normalized spacial score (nSPS) is 10.9. The number of benzene rings is 1. The third-order valence-electron chi connectivity index (χ3n) is 3.29. The van der Waals surface area contributed by atoms with Crippen LogP contribution in [0.15, 0.2) is 42.7 Å². The van der Waals surface area contributed by atoms with Crippen molar-refractivity contribution in [2.45, 2.75) is 13.5 Å². The summed E-state index contributed by atoms with van der Waals surface area (Å²) < 4.78 is 28.1. The van der Waals surface area contributed by atoms with Crippen LogP contribution in [0.5, 0.6) is 0 Å². The van der Waals surface area contributed by atoms with Gasteiger partial charge in [-0.05, 0) is 24.6 Å². The number of aryl methyl sites for hydroxylation is 1. The molecule has 4 nitrogen and oxygen atoms in total. The van der Waals surface area contributed by atoms with Crippen LogP contribution in [0.1, 0.15) is 21.6 Å². The quantitative estimate of drug-likeness (QED) is 0.808. The maximum atomic E-state index is 13.5. The van der Waals surface area contributed by atoms with Crippen molar-refractivity contribution in [1.29, 1.82) is 0 Å². The van der Waals surface area contributed by atoms with E-state index in [1.54, 1.807) is 10.6 Å². The Balaban J connectivity index is 1.75. The van der Waals surface area contributed by atoms with Gasteiger partial charge < -0.3 is 9.72 Å². The number of amides is 1. The number of nitrogens with zero attached hydrogens (tertiary/aromatic N) is 2. The third kappa shape index (κ3) is 2.81. The third-order valence-corrected chi connectivity index (χ3v) is 3.29. The molecule has 0 fully saturated rings. The van der Waals surface area contributed by atoms with E-state index in [0.29, 0.717) is 5.65 Å². The minimum absolute atomic E-state index is 0.0299. The second-order valence-corrected chi connectivity index (χ2v) is 5.02. The van der Waals surface area contributed by atoms with Crippen molar-refractivity contribution in [3.05, 3.63) is 71.2 Å². The molecule has 0 spiro atoms. The number of hydrogen-bond donors (Lipinski definition) is 1. The lowest BCUT2D eigenvalue weighted by atomic mass is 10.2. The predicted molar refractivity (Wildman–Crippen MR) is 77.5 cm³/mol. The van der Waals surface area contributed by atoms with E-state index in [9.17, 15) is 13.6 Å². The Morgan fingerprint density at radius 1 is 1.23 bits per heavy atom. The molecule has 0 radical (unpaired) electrons. The Morgan fingerprint density at radius 2 is 2.05 bits per heavy atom. The lowest BCUT2D eigenvalue weighted by Gasteiger charge is -2.04. The standard InChI is InChI=1S/C16H13F2N3O/c1-10-2-5-15-20-14(9-21(15)8-10)16(22)19-7-11-3-4-12(17)6-13(11)18/h2-6,8-9H,7H2,1H3,(H,19,22). The molecule has 0 unspecified atom stereocenters. The van der Waals surface area contributed by atoms with E-state index < -0.39 is 17.5 Å². The summed E-state index contributed by atoms with van der Waals surface area (Å²) in [7, 11) is 0. The number of imidazole rings is 1. The fourth-order valence-electron chi connectivity index (χ4n) is 2.14. The summed E-state index contributed by atoms with van der Waals surface area (Å²) in [5.74, 6) is -1.75. The van der Waals surface area contributed by atoms with Crippen molar-refractivity contribution in [3.8, 4) is 0 Å². The van der Waals surface area contributed by atoms with E-state index in [4.69, 9.17) is 0 Å². The average molecular weight is 301 g/mol.